The molecule has 1 aromatic heterocycles. The van der Waals surface area contributed by atoms with Crippen LogP contribution in [-0.4, -0.2) is 36.6 Å². The zero-order valence-corrected chi connectivity index (χ0v) is 17.0. The van der Waals surface area contributed by atoms with Crippen molar-refractivity contribution in [3.05, 3.63) is 57.9 Å². The number of hydrogen-bond acceptors (Lipinski definition) is 4. The van der Waals surface area contributed by atoms with Gasteiger partial charge in [0, 0.05) is 24.3 Å². The third-order valence-electron chi connectivity index (χ3n) is 5.36. The quantitative estimate of drug-likeness (QED) is 0.542. The molecule has 5 nitrogen and oxygen atoms in total. The molecule has 1 atom stereocenters. The van der Waals surface area contributed by atoms with Gasteiger partial charge in [-0.3, -0.25) is 4.79 Å². The molecule has 0 spiro atoms. The Labute approximate surface area is 166 Å². The maximum Gasteiger partial charge on any atom is 0.355 e. The highest BCUT2D eigenvalue weighted by molar-refractivity contribution is 6.03. The fourth-order valence-electron chi connectivity index (χ4n) is 3.81. The molecule has 0 amide bonds. The summed E-state index contributed by atoms with van der Waals surface area (Å²) in [5, 5.41) is 0. The van der Waals surface area contributed by atoms with Crippen LogP contribution in [0.5, 0.6) is 0 Å². The molecule has 1 aromatic carbocycles. The summed E-state index contributed by atoms with van der Waals surface area (Å²) >= 11 is 0. The molecule has 1 unspecified atom stereocenters. The topological polar surface area (TPSA) is 68.4 Å². The van der Waals surface area contributed by atoms with E-state index in [0.29, 0.717) is 36.5 Å². The molecule has 0 aliphatic heterocycles. The van der Waals surface area contributed by atoms with Gasteiger partial charge in [0.05, 0.1) is 6.61 Å². The maximum absolute atomic E-state index is 12.8. The van der Waals surface area contributed by atoms with Crippen molar-refractivity contribution in [3.8, 4) is 0 Å². The molecule has 3 rings (SSSR count). The lowest BCUT2D eigenvalue weighted by Crippen LogP contribution is -2.18. The smallest absolute Gasteiger partial charge is 0.355 e. The molecule has 0 radical (unpaired) electrons. The fraction of sp³-hybridized carbons (Fsp3) is 0.478. The summed E-state index contributed by atoms with van der Waals surface area (Å²) < 4.78 is 10.6. The molecule has 28 heavy (non-hydrogen) atoms. The van der Waals surface area contributed by atoms with Crippen molar-refractivity contribution in [2.45, 2.75) is 52.4 Å². The van der Waals surface area contributed by atoms with E-state index in [0.717, 1.165) is 25.0 Å². The highest BCUT2D eigenvalue weighted by Gasteiger charge is 2.32. The lowest BCUT2D eigenvalue weighted by molar-refractivity contribution is 0.0312. The number of rotatable bonds is 8. The third-order valence-corrected chi connectivity index (χ3v) is 5.36. The number of Topliss-reactive ketones (excluding diaryl/α,β-unsaturated/α-hetero) is 1. The Morgan fingerprint density at radius 2 is 1.86 bits per heavy atom. The number of carbonyl (C=O) groups excluding carboxylic acids is 2. The van der Waals surface area contributed by atoms with E-state index in [-0.39, 0.29) is 18.3 Å². The number of esters is 1. The normalized spacial score (nSPS) is 16.1. The molecule has 1 aliphatic carbocycles. The van der Waals surface area contributed by atoms with Crippen LogP contribution in [0.25, 0.3) is 0 Å². The molecule has 5 heteroatoms. The van der Waals surface area contributed by atoms with Crippen molar-refractivity contribution < 1.29 is 19.1 Å². The van der Waals surface area contributed by atoms with Gasteiger partial charge in [0.15, 0.2) is 5.78 Å². The van der Waals surface area contributed by atoms with Gasteiger partial charge < -0.3 is 14.5 Å². The standard InChI is InChI=1S/C23H29NO4/c1-4-10-27-11-12-28-23(26)22-15(3)21-19(24-22)13-18(14-20(21)25)17-8-6-16(5-2)7-9-17/h6-9,18,24H,4-5,10-14H2,1-3H3. The van der Waals surface area contributed by atoms with Gasteiger partial charge in [0.2, 0.25) is 0 Å². The maximum atomic E-state index is 12.8. The molecule has 1 N–H and O–H groups in total. The van der Waals surface area contributed by atoms with E-state index >= 15 is 0 Å². The second-order valence-corrected chi connectivity index (χ2v) is 7.35. The lowest BCUT2D eigenvalue weighted by Gasteiger charge is -2.22. The largest absolute Gasteiger partial charge is 0.459 e. The van der Waals surface area contributed by atoms with Gasteiger partial charge in [-0.2, -0.15) is 0 Å². The number of aryl methyl sites for hydroxylation is 1. The summed E-state index contributed by atoms with van der Waals surface area (Å²) in [4.78, 5) is 28.4. The monoisotopic (exact) mass is 383 g/mol. The zero-order chi connectivity index (χ0) is 20.1. The number of ether oxygens (including phenoxy) is 2. The van der Waals surface area contributed by atoms with Crippen LogP contribution in [0.4, 0.5) is 0 Å². The van der Waals surface area contributed by atoms with Gasteiger partial charge in [0.25, 0.3) is 0 Å². The summed E-state index contributed by atoms with van der Waals surface area (Å²) in [6.07, 6.45) is 3.12. The average molecular weight is 383 g/mol. The van der Waals surface area contributed by atoms with E-state index in [1.165, 1.54) is 11.1 Å². The van der Waals surface area contributed by atoms with Crippen LogP contribution < -0.4 is 0 Å². The number of fused-ring (bicyclic) bond motifs is 1. The Hall–Kier alpha value is -2.40. The summed E-state index contributed by atoms with van der Waals surface area (Å²) in [5.41, 5.74) is 5.04. The highest BCUT2D eigenvalue weighted by Crippen LogP contribution is 2.35. The van der Waals surface area contributed by atoms with Crippen LogP contribution >= 0.6 is 0 Å². The van der Waals surface area contributed by atoms with Gasteiger partial charge >= 0.3 is 5.97 Å². The first-order valence-electron chi connectivity index (χ1n) is 10.1. The zero-order valence-electron chi connectivity index (χ0n) is 17.0. The Kier molecular flexibility index (Phi) is 6.68. The van der Waals surface area contributed by atoms with E-state index in [4.69, 9.17) is 9.47 Å². The molecule has 2 aromatic rings. The van der Waals surface area contributed by atoms with E-state index in [1.807, 2.05) is 13.8 Å². The highest BCUT2D eigenvalue weighted by atomic mass is 16.6. The third kappa shape index (κ3) is 4.36. The molecule has 0 saturated carbocycles. The number of aromatic amines is 1. The number of ketones is 1. The minimum Gasteiger partial charge on any atom is -0.459 e. The number of nitrogens with one attached hydrogen (secondary N) is 1. The summed E-state index contributed by atoms with van der Waals surface area (Å²) in [6, 6.07) is 8.48. The van der Waals surface area contributed by atoms with E-state index < -0.39 is 5.97 Å². The van der Waals surface area contributed by atoms with E-state index in [1.54, 1.807) is 0 Å². The SMILES string of the molecule is CCCOCCOC(=O)c1[nH]c2c(c1C)C(=O)CC(c1ccc(CC)cc1)C2. The van der Waals surface area contributed by atoms with E-state index in [9.17, 15) is 9.59 Å². The average Bonchev–Trinajstić information content (AvgIpc) is 3.04. The molecule has 0 fully saturated rings. The van der Waals surface area contributed by atoms with Crippen LogP contribution in [0.3, 0.4) is 0 Å². The molecule has 1 heterocycles. The fourth-order valence-corrected chi connectivity index (χ4v) is 3.81. The van der Waals surface area contributed by atoms with Crippen LogP contribution in [0.1, 0.15) is 75.8 Å². The predicted octanol–water partition coefficient (Wildman–Crippen LogP) is 4.38. The number of benzene rings is 1. The molecule has 150 valence electrons. The second kappa shape index (κ2) is 9.20. The molecular weight excluding hydrogens is 354 g/mol. The van der Waals surface area contributed by atoms with Crippen LogP contribution in [0.15, 0.2) is 24.3 Å². The van der Waals surface area contributed by atoms with Crippen molar-refractivity contribution in [1.29, 1.82) is 0 Å². The predicted molar refractivity (Wildman–Crippen MR) is 108 cm³/mol. The van der Waals surface area contributed by atoms with Crippen LogP contribution in [0.2, 0.25) is 0 Å². The van der Waals surface area contributed by atoms with E-state index in [2.05, 4.69) is 36.2 Å². The summed E-state index contributed by atoms with van der Waals surface area (Å²) in [5.74, 6) is -0.205. The summed E-state index contributed by atoms with van der Waals surface area (Å²) in [6.45, 7) is 7.22. The first kappa shape index (κ1) is 20.3. The van der Waals surface area contributed by atoms with Gasteiger partial charge in [-0.25, -0.2) is 4.79 Å². The van der Waals surface area contributed by atoms with Crippen molar-refractivity contribution in [3.63, 3.8) is 0 Å². The Bertz CT molecular complexity index is 835. The first-order chi connectivity index (χ1) is 13.5. The van der Waals surface area contributed by atoms with Crippen molar-refractivity contribution in [2.75, 3.05) is 19.8 Å². The second-order valence-electron chi connectivity index (χ2n) is 7.35. The minimum atomic E-state index is -0.427. The first-order valence-corrected chi connectivity index (χ1v) is 10.1. The van der Waals surface area contributed by atoms with Crippen LogP contribution in [0, 0.1) is 6.92 Å². The molecule has 0 saturated heterocycles. The number of H-pyrrole nitrogens is 1. The number of hydrogen-bond donors (Lipinski definition) is 1. The van der Waals surface area contributed by atoms with Gasteiger partial charge in [-0.1, -0.05) is 38.1 Å². The van der Waals surface area contributed by atoms with Gasteiger partial charge in [0.1, 0.15) is 12.3 Å². The van der Waals surface area contributed by atoms with Gasteiger partial charge in [-0.05, 0) is 48.8 Å². The van der Waals surface area contributed by atoms with Crippen molar-refractivity contribution in [1.82, 2.24) is 4.98 Å². The molecular formula is C23H29NO4. The summed E-state index contributed by atoms with van der Waals surface area (Å²) in [7, 11) is 0. The minimum absolute atomic E-state index is 0.0879. The Morgan fingerprint density at radius 3 is 2.54 bits per heavy atom. The van der Waals surface area contributed by atoms with Crippen molar-refractivity contribution in [2.24, 2.45) is 0 Å². The van der Waals surface area contributed by atoms with Crippen LogP contribution in [-0.2, 0) is 22.3 Å². The Balaban J connectivity index is 1.72. The lowest BCUT2D eigenvalue weighted by atomic mass is 9.81. The number of aromatic nitrogens is 1. The molecule has 1 aliphatic rings. The Morgan fingerprint density at radius 1 is 1.11 bits per heavy atom. The molecule has 0 bridgehead atoms. The number of carbonyl (C=O) groups is 2. The van der Waals surface area contributed by atoms with Gasteiger partial charge in [-0.15, -0.1) is 0 Å². The van der Waals surface area contributed by atoms with Crippen molar-refractivity contribution >= 4 is 11.8 Å².